The van der Waals surface area contributed by atoms with E-state index in [0.29, 0.717) is 11.6 Å². The average Bonchev–Trinajstić information content (AvgIpc) is 2.95. The molecule has 1 aromatic carbocycles. The Morgan fingerprint density at radius 2 is 1.80 bits per heavy atom. The monoisotopic (exact) mass is 662 g/mol. The Hall–Kier alpha value is -4.41. The highest BCUT2D eigenvalue weighted by Crippen LogP contribution is 2.45. The van der Waals surface area contributed by atoms with Gasteiger partial charge in [-0.05, 0) is 43.1 Å². The highest BCUT2D eigenvalue weighted by molar-refractivity contribution is 6.03. The van der Waals surface area contributed by atoms with E-state index in [2.05, 4.69) is 20.9 Å². The first kappa shape index (κ1) is 34.5. The molecule has 5 N–H and O–H groups in total. The van der Waals surface area contributed by atoms with Crippen LogP contribution in [0.15, 0.2) is 29.2 Å². The van der Waals surface area contributed by atoms with Crippen molar-refractivity contribution in [3.8, 4) is 17.1 Å². The summed E-state index contributed by atoms with van der Waals surface area (Å²) in [5.41, 5.74) is -1.96. The lowest BCUT2D eigenvalue weighted by Crippen LogP contribution is -2.41. The molecular formula is C29H30F8N6O3. The van der Waals surface area contributed by atoms with E-state index in [9.17, 15) is 40.3 Å². The Morgan fingerprint density at radius 3 is 2.43 bits per heavy atom. The number of rotatable bonds is 4. The number of aromatic nitrogens is 2. The van der Waals surface area contributed by atoms with Crippen LogP contribution in [0.3, 0.4) is 0 Å². The number of ether oxygens (including phenoxy) is 1. The molecule has 1 amide bonds. The average molecular weight is 663 g/mol. The molecule has 2 atom stereocenters. The second-order valence-electron chi connectivity index (χ2n) is 11.0. The van der Waals surface area contributed by atoms with Gasteiger partial charge in [-0.15, -0.1) is 0 Å². The maximum Gasteiger partial charge on any atom is 0.425 e. The number of carbonyl (C=O) groups is 1. The third-order valence-electron chi connectivity index (χ3n) is 7.32. The Balaban J connectivity index is 2.05. The van der Waals surface area contributed by atoms with Crippen molar-refractivity contribution < 1.29 is 44.7 Å². The molecule has 0 saturated carbocycles. The number of alkyl halides is 6. The first-order chi connectivity index (χ1) is 21.4. The first-order valence-electron chi connectivity index (χ1n) is 13.9. The van der Waals surface area contributed by atoms with Crippen LogP contribution in [0, 0.1) is 24.5 Å². The zero-order valence-electron chi connectivity index (χ0n) is 24.7. The molecule has 0 radical (unpaired) electrons. The van der Waals surface area contributed by atoms with E-state index in [4.69, 9.17) is 10.5 Å². The number of aryl methyl sites for hydroxylation is 1. The van der Waals surface area contributed by atoms with Gasteiger partial charge in [0.25, 0.3) is 5.91 Å². The number of nitrogen functional groups attached to an aromatic ring is 1. The number of benzene rings is 1. The SMILES string of the molecule is Cc1c(F)c(N)cc(-c2nc3c(c(NCc4ccc(=O)n(C)c4)c2F)C(=O)NCC(C)CNCC[C@H](C(F)(F)F)O3)c1C(F)(F)F. The van der Waals surface area contributed by atoms with Gasteiger partial charge in [0.1, 0.15) is 17.1 Å². The van der Waals surface area contributed by atoms with Gasteiger partial charge >= 0.3 is 12.4 Å². The molecule has 250 valence electrons. The maximum absolute atomic E-state index is 16.5. The van der Waals surface area contributed by atoms with Crippen molar-refractivity contribution in [3.05, 3.63) is 68.6 Å². The number of nitrogens with one attached hydrogen (secondary N) is 3. The molecule has 1 aliphatic rings. The summed E-state index contributed by atoms with van der Waals surface area (Å²) >= 11 is 0. The van der Waals surface area contributed by atoms with Crippen molar-refractivity contribution >= 4 is 17.3 Å². The lowest BCUT2D eigenvalue weighted by atomic mass is 9.95. The summed E-state index contributed by atoms with van der Waals surface area (Å²) < 4.78 is 123. The molecule has 0 spiro atoms. The third kappa shape index (κ3) is 7.35. The van der Waals surface area contributed by atoms with E-state index in [1.807, 2.05) is 0 Å². The van der Waals surface area contributed by atoms with Crippen LogP contribution in [-0.2, 0) is 19.8 Å². The first-order valence-corrected chi connectivity index (χ1v) is 13.9. The van der Waals surface area contributed by atoms with Crippen molar-refractivity contribution in [1.29, 1.82) is 0 Å². The molecule has 0 fully saturated rings. The zero-order chi connectivity index (χ0) is 34.1. The number of anilines is 2. The minimum atomic E-state index is -5.30. The van der Waals surface area contributed by atoms with Crippen LogP contribution in [-0.4, -0.2) is 47.4 Å². The Bertz CT molecular complexity index is 1690. The summed E-state index contributed by atoms with van der Waals surface area (Å²) in [6, 6.07) is 2.98. The Morgan fingerprint density at radius 1 is 1.11 bits per heavy atom. The van der Waals surface area contributed by atoms with E-state index >= 15 is 4.39 Å². The molecule has 3 heterocycles. The lowest BCUT2D eigenvalue weighted by Gasteiger charge is -2.26. The van der Waals surface area contributed by atoms with Crippen LogP contribution in [0.5, 0.6) is 5.88 Å². The molecule has 0 bridgehead atoms. The van der Waals surface area contributed by atoms with Crippen LogP contribution in [0.4, 0.5) is 46.5 Å². The van der Waals surface area contributed by atoms with Gasteiger partial charge in [-0.1, -0.05) is 13.0 Å². The van der Waals surface area contributed by atoms with Crippen molar-refractivity contribution in [2.24, 2.45) is 13.0 Å². The van der Waals surface area contributed by atoms with E-state index in [1.165, 1.54) is 29.9 Å². The number of nitrogens with two attached hydrogens (primary N) is 1. The van der Waals surface area contributed by atoms with Gasteiger partial charge in [0.05, 0.1) is 16.9 Å². The van der Waals surface area contributed by atoms with Crippen molar-refractivity contribution in [3.63, 3.8) is 0 Å². The zero-order valence-corrected chi connectivity index (χ0v) is 24.7. The van der Waals surface area contributed by atoms with E-state index in [0.717, 1.165) is 6.92 Å². The van der Waals surface area contributed by atoms with Gasteiger partial charge in [0.2, 0.25) is 11.4 Å². The minimum Gasteiger partial charge on any atom is -0.464 e. The van der Waals surface area contributed by atoms with Crippen LogP contribution < -0.4 is 32.0 Å². The summed E-state index contributed by atoms with van der Waals surface area (Å²) in [5, 5.41) is 7.87. The van der Waals surface area contributed by atoms with Crippen LogP contribution >= 0.6 is 0 Å². The van der Waals surface area contributed by atoms with Crippen LogP contribution in [0.2, 0.25) is 0 Å². The molecule has 0 aliphatic carbocycles. The molecule has 46 heavy (non-hydrogen) atoms. The summed E-state index contributed by atoms with van der Waals surface area (Å²) in [6.45, 7) is 2.08. The molecule has 2 aromatic heterocycles. The fourth-order valence-corrected chi connectivity index (χ4v) is 4.93. The number of fused-ring (bicyclic) bond motifs is 1. The van der Waals surface area contributed by atoms with Crippen LogP contribution in [0.25, 0.3) is 11.3 Å². The molecule has 4 rings (SSSR count). The van der Waals surface area contributed by atoms with Gasteiger partial charge < -0.3 is 31.0 Å². The molecule has 17 heteroatoms. The standard InChI is InChI=1S/C29H30F8N6O3/c1-13-9-39-7-6-18(28(32,33)34)46-27-20(26(45)41-10-13)25(40-11-15-4-5-19(44)43(3)12-15)23(31)24(42-27)16-8-17(38)22(30)14(2)21(16)29(35,36)37/h4-5,8,12-13,18,39H,6-7,9-11,38H2,1-3H3,(H,40,42)(H,41,45)/t13?,18-/m1/s1. The Labute approximate surface area is 257 Å². The number of pyridine rings is 2. The quantitative estimate of drug-likeness (QED) is 0.231. The highest BCUT2D eigenvalue weighted by atomic mass is 19.4. The topological polar surface area (TPSA) is 123 Å². The molecule has 1 unspecified atom stereocenters. The van der Waals surface area contributed by atoms with E-state index in [-0.39, 0.29) is 32.1 Å². The summed E-state index contributed by atoms with van der Waals surface area (Å²) in [6.07, 6.45) is -12.3. The minimum absolute atomic E-state index is 0.0243. The van der Waals surface area contributed by atoms with Gasteiger partial charge in [0, 0.05) is 44.4 Å². The van der Waals surface area contributed by atoms with E-state index in [1.54, 1.807) is 6.92 Å². The van der Waals surface area contributed by atoms with Crippen LogP contribution in [0.1, 0.15) is 40.4 Å². The number of carbonyl (C=O) groups excluding carboxylic acids is 1. The third-order valence-corrected chi connectivity index (χ3v) is 7.32. The molecule has 1 aliphatic heterocycles. The number of hydrogen-bond donors (Lipinski definition) is 4. The molecule has 9 nitrogen and oxygen atoms in total. The van der Waals surface area contributed by atoms with Gasteiger partial charge in [0.15, 0.2) is 11.9 Å². The summed E-state index contributed by atoms with van der Waals surface area (Å²) in [7, 11) is 1.42. The number of amides is 1. The van der Waals surface area contributed by atoms with Gasteiger partial charge in [-0.3, -0.25) is 9.59 Å². The van der Waals surface area contributed by atoms with E-state index < -0.39 is 93.2 Å². The predicted molar refractivity (Wildman–Crippen MR) is 152 cm³/mol. The second-order valence-corrected chi connectivity index (χ2v) is 11.0. The highest BCUT2D eigenvalue weighted by Gasteiger charge is 2.44. The fourth-order valence-electron chi connectivity index (χ4n) is 4.93. The van der Waals surface area contributed by atoms with Crippen molar-refractivity contribution in [2.75, 3.05) is 30.7 Å². The normalized spacial score (nSPS) is 18.1. The number of hydrogen-bond acceptors (Lipinski definition) is 7. The molecule has 3 aromatic rings. The molecule has 0 saturated heterocycles. The van der Waals surface area contributed by atoms with Gasteiger partial charge in [-0.2, -0.15) is 26.3 Å². The largest absolute Gasteiger partial charge is 0.464 e. The summed E-state index contributed by atoms with van der Waals surface area (Å²) in [5.74, 6) is -5.57. The summed E-state index contributed by atoms with van der Waals surface area (Å²) in [4.78, 5) is 29.1. The van der Waals surface area contributed by atoms with Crippen molar-refractivity contribution in [1.82, 2.24) is 20.2 Å². The lowest BCUT2D eigenvalue weighted by molar-refractivity contribution is -0.197. The van der Waals surface area contributed by atoms with Crippen molar-refractivity contribution in [2.45, 2.75) is 45.3 Å². The van der Waals surface area contributed by atoms with Gasteiger partial charge in [-0.25, -0.2) is 13.8 Å². The second kappa shape index (κ2) is 13.1. The number of nitrogens with zero attached hydrogens (tertiary/aromatic N) is 2. The number of halogens is 8. The Kier molecular flexibility index (Phi) is 9.84. The smallest absolute Gasteiger partial charge is 0.425 e. The molecular weight excluding hydrogens is 632 g/mol. The fraction of sp³-hybridized carbons (Fsp3) is 0.414. The maximum atomic E-state index is 16.5. The predicted octanol–water partition coefficient (Wildman–Crippen LogP) is 4.92.